The molecule has 4 heterocycles. The maximum absolute atomic E-state index is 13.5. The monoisotopic (exact) mass is 516 g/mol. The number of aryl methyl sites for hydroxylation is 2. The third-order valence-corrected chi connectivity index (χ3v) is 6.93. The largest absolute Gasteiger partial charge is 0.434 e. The van der Waals surface area contributed by atoms with Gasteiger partial charge in [0.25, 0.3) is 0 Å². The number of aliphatic hydroxyl groups is 1. The minimum atomic E-state index is -2.95. The zero-order valence-corrected chi connectivity index (χ0v) is 21.1. The number of rotatable bonds is 6. The fourth-order valence-corrected chi connectivity index (χ4v) is 5.21. The zero-order chi connectivity index (χ0) is 26.6. The molecule has 0 saturated carbocycles. The van der Waals surface area contributed by atoms with Crippen LogP contribution in [0.15, 0.2) is 61.2 Å². The first-order valence-electron chi connectivity index (χ1n) is 12.3. The molecule has 3 aromatic heterocycles. The normalized spacial score (nSPS) is 15.4. The fourth-order valence-electron chi connectivity index (χ4n) is 5.21. The van der Waals surface area contributed by atoms with Gasteiger partial charge in [0, 0.05) is 54.9 Å². The Morgan fingerprint density at radius 2 is 1.87 bits per heavy atom. The number of imidazole rings is 2. The van der Waals surface area contributed by atoms with Crippen molar-refractivity contribution in [3.63, 3.8) is 0 Å². The van der Waals surface area contributed by atoms with Gasteiger partial charge >= 0.3 is 6.61 Å². The highest BCUT2D eigenvalue weighted by molar-refractivity contribution is 5.83. The van der Waals surface area contributed by atoms with Gasteiger partial charge in [0.05, 0.1) is 17.1 Å². The Labute approximate surface area is 217 Å². The number of alkyl halides is 2. The van der Waals surface area contributed by atoms with Crippen LogP contribution in [0.25, 0.3) is 33.5 Å². The molecule has 10 heteroatoms. The first-order chi connectivity index (χ1) is 18.2. The summed E-state index contributed by atoms with van der Waals surface area (Å²) in [6.07, 6.45) is 8.26. The third kappa shape index (κ3) is 4.10. The van der Waals surface area contributed by atoms with Gasteiger partial charge in [0.2, 0.25) is 0 Å². The van der Waals surface area contributed by atoms with E-state index < -0.39 is 12.2 Å². The van der Waals surface area contributed by atoms with E-state index in [0.717, 1.165) is 33.5 Å². The van der Waals surface area contributed by atoms with Gasteiger partial charge < -0.3 is 19.0 Å². The van der Waals surface area contributed by atoms with Crippen LogP contribution in [0, 0.1) is 0 Å². The first kappa shape index (κ1) is 24.2. The highest BCUT2D eigenvalue weighted by atomic mass is 19.3. The number of nitrogens with zero attached hydrogens (tertiary/aromatic N) is 6. The standard InChI is InChI=1S/C28H26F2N6O2/c1-28(2,37)26-32-14-17(15-33-26)16-7-8-19-21(13-16)36-20(9-10-23(36)34-19)24-18(25-31-11-12-35(25)3)5-4-6-22(24)38-27(29)30/h4-8,11-15,20,27,37H,9-10H2,1-3H3/t20-/m1/s1. The highest BCUT2D eigenvalue weighted by Crippen LogP contribution is 2.44. The van der Waals surface area contributed by atoms with Crippen molar-refractivity contribution in [1.29, 1.82) is 0 Å². The molecule has 1 N–H and O–H groups in total. The van der Waals surface area contributed by atoms with Crippen molar-refractivity contribution in [3.05, 3.63) is 78.4 Å². The van der Waals surface area contributed by atoms with Crippen LogP contribution in [-0.4, -0.2) is 40.8 Å². The molecule has 0 aliphatic carbocycles. The lowest BCUT2D eigenvalue weighted by Gasteiger charge is -2.22. The quantitative estimate of drug-likeness (QED) is 0.331. The summed E-state index contributed by atoms with van der Waals surface area (Å²) in [6.45, 7) is 0.321. The van der Waals surface area contributed by atoms with E-state index in [2.05, 4.69) is 19.5 Å². The van der Waals surface area contributed by atoms with Gasteiger partial charge in [-0.25, -0.2) is 19.9 Å². The van der Waals surface area contributed by atoms with Crippen LogP contribution in [0.3, 0.4) is 0 Å². The van der Waals surface area contributed by atoms with Crippen molar-refractivity contribution < 1.29 is 18.6 Å². The molecular formula is C28H26F2N6O2. The summed E-state index contributed by atoms with van der Waals surface area (Å²) in [6, 6.07) is 10.8. The Balaban J connectivity index is 1.50. The van der Waals surface area contributed by atoms with Crippen molar-refractivity contribution >= 4 is 11.0 Å². The Bertz CT molecular complexity index is 1640. The molecule has 0 radical (unpaired) electrons. The van der Waals surface area contributed by atoms with Gasteiger partial charge in [0.1, 0.15) is 23.0 Å². The third-order valence-electron chi connectivity index (χ3n) is 6.93. The Hall–Kier alpha value is -4.18. The number of aromatic nitrogens is 6. The SMILES string of the molecule is Cn1ccnc1-c1cccc(OC(F)F)c1[C@H]1CCc2nc3ccc(-c4cnc(C(C)(C)O)nc4)cc3n21. The zero-order valence-electron chi connectivity index (χ0n) is 21.1. The van der Waals surface area contributed by atoms with Crippen LogP contribution in [0.5, 0.6) is 5.75 Å². The maximum atomic E-state index is 13.5. The molecule has 5 aromatic rings. The molecule has 6 rings (SSSR count). The van der Waals surface area contributed by atoms with Crippen molar-refractivity contribution in [3.8, 4) is 28.3 Å². The molecule has 0 fully saturated rings. The van der Waals surface area contributed by atoms with Crippen molar-refractivity contribution in [2.75, 3.05) is 0 Å². The molecule has 0 amide bonds. The summed E-state index contributed by atoms with van der Waals surface area (Å²) in [7, 11) is 1.87. The van der Waals surface area contributed by atoms with Crippen LogP contribution in [-0.2, 0) is 19.1 Å². The molecule has 0 unspecified atom stereocenters. The van der Waals surface area contributed by atoms with E-state index in [1.54, 1.807) is 44.6 Å². The Morgan fingerprint density at radius 3 is 2.55 bits per heavy atom. The summed E-state index contributed by atoms with van der Waals surface area (Å²) in [5.74, 6) is 2.02. The van der Waals surface area contributed by atoms with Gasteiger partial charge in [-0.1, -0.05) is 18.2 Å². The summed E-state index contributed by atoms with van der Waals surface area (Å²) in [5.41, 5.74) is 3.62. The molecule has 194 valence electrons. The molecule has 0 bridgehead atoms. The van der Waals surface area contributed by atoms with Crippen LogP contribution in [0.4, 0.5) is 8.78 Å². The smallest absolute Gasteiger partial charge is 0.387 e. The van der Waals surface area contributed by atoms with Gasteiger partial charge in [-0.3, -0.25) is 0 Å². The molecule has 1 aliphatic rings. The van der Waals surface area contributed by atoms with Crippen molar-refractivity contribution in [2.24, 2.45) is 7.05 Å². The molecule has 2 aromatic carbocycles. The van der Waals surface area contributed by atoms with Crippen LogP contribution in [0.1, 0.15) is 43.5 Å². The highest BCUT2D eigenvalue weighted by Gasteiger charge is 2.33. The lowest BCUT2D eigenvalue weighted by atomic mass is 9.96. The molecule has 1 atom stereocenters. The van der Waals surface area contributed by atoms with Crippen LogP contribution >= 0.6 is 0 Å². The van der Waals surface area contributed by atoms with Crippen LogP contribution in [0.2, 0.25) is 0 Å². The van der Waals surface area contributed by atoms with Crippen molar-refractivity contribution in [2.45, 2.75) is 44.9 Å². The number of hydrogen-bond acceptors (Lipinski definition) is 6. The number of hydrogen-bond donors (Lipinski definition) is 1. The first-order valence-corrected chi connectivity index (χ1v) is 12.3. The molecule has 0 saturated heterocycles. The van der Waals surface area contributed by atoms with Gasteiger partial charge in [-0.15, -0.1) is 0 Å². The molecule has 0 spiro atoms. The topological polar surface area (TPSA) is 90.9 Å². The second kappa shape index (κ2) is 8.98. The second-order valence-corrected chi connectivity index (χ2v) is 9.97. The van der Waals surface area contributed by atoms with E-state index in [-0.39, 0.29) is 11.8 Å². The van der Waals surface area contributed by atoms with E-state index in [1.807, 2.05) is 42.1 Å². The van der Waals surface area contributed by atoms with E-state index in [9.17, 15) is 13.9 Å². The molecular weight excluding hydrogens is 490 g/mol. The number of fused-ring (bicyclic) bond motifs is 3. The lowest BCUT2D eigenvalue weighted by Crippen LogP contribution is -2.19. The summed E-state index contributed by atoms with van der Waals surface area (Å²) >= 11 is 0. The lowest BCUT2D eigenvalue weighted by molar-refractivity contribution is -0.0506. The maximum Gasteiger partial charge on any atom is 0.387 e. The summed E-state index contributed by atoms with van der Waals surface area (Å²) in [4.78, 5) is 18.0. The predicted octanol–water partition coefficient (Wildman–Crippen LogP) is 5.26. The summed E-state index contributed by atoms with van der Waals surface area (Å²) in [5, 5.41) is 10.2. The van der Waals surface area contributed by atoms with E-state index in [4.69, 9.17) is 9.72 Å². The van der Waals surface area contributed by atoms with Crippen LogP contribution < -0.4 is 4.74 Å². The van der Waals surface area contributed by atoms with E-state index in [0.29, 0.717) is 30.1 Å². The Morgan fingerprint density at radius 1 is 1.08 bits per heavy atom. The van der Waals surface area contributed by atoms with E-state index in [1.165, 1.54) is 0 Å². The number of ether oxygens (including phenoxy) is 1. The van der Waals surface area contributed by atoms with E-state index >= 15 is 0 Å². The number of benzene rings is 2. The van der Waals surface area contributed by atoms with Gasteiger partial charge in [-0.2, -0.15) is 8.78 Å². The average molecular weight is 517 g/mol. The Kier molecular flexibility index (Phi) is 5.71. The number of halogens is 2. The molecule has 38 heavy (non-hydrogen) atoms. The predicted molar refractivity (Wildman–Crippen MR) is 138 cm³/mol. The second-order valence-electron chi connectivity index (χ2n) is 9.97. The summed E-state index contributed by atoms with van der Waals surface area (Å²) < 4.78 is 36.0. The average Bonchev–Trinajstić information content (AvgIpc) is 3.58. The fraction of sp³-hybridized carbons (Fsp3) is 0.286. The minimum Gasteiger partial charge on any atom is -0.434 e. The van der Waals surface area contributed by atoms with Crippen molar-refractivity contribution in [1.82, 2.24) is 29.1 Å². The molecule has 8 nitrogen and oxygen atoms in total. The van der Waals surface area contributed by atoms with Gasteiger partial charge in [0.15, 0.2) is 5.82 Å². The molecule has 1 aliphatic heterocycles. The minimum absolute atomic E-state index is 0.131. The van der Waals surface area contributed by atoms with Gasteiger partial charge in [-0.05, 0) is 44.0 Å².